The zero-order valence-electron chi connectivity index (χ0n) is 9.59. The lowest BCUT2D eigenvalue weighted by Gasteiger charge is -2.12. The number of hydrogen-bond donors (Lipinski definition) is 1. The van der Waals surface area contributed by atoms with Gasteiger partial charge in [-0.3, -0.25) is 9.67 Å². The number of hydrogen-bond acceptors (Lipinski definition) is 3. The number of nitrogens with zero attached hydrogens (tertiary/aromatic N) is 3. The Bertz CT molecular complexity index is 435. The van der Waals surface area contributed by atoms with Gasteiger partial charge in [0, 0.05) is 32.0 Å². The molecule has 84 valence electrons. The summed E-state index contributed by atoms with van der Waals surface area (Å²) in [6.45, 7) is 2.91. The van der Waals surface area contributed by atoms with Crippen LogP contribution in [0.25, 0.3) is 0 Å². The molecule has 0 aliphatic heterocycles. The average Bonchev–Trinajstić information content (AvgIpc) is 2.73. The molecule has 2 aromatic rings. The molecule has 1 N–H and O–H groups in total. The summed E-state index contributed by atoms with van der Waals surface area (Å²) in [5, 5.41) is 7.55. The molecule has 4 heteroatoms. The highest BCUT2D eigenvalue weighted by Crippen LogP contribution is 2.08. The molecule has 0 aromatic carbocycles. The van der Waals surface area contributed by atoms with E-state index >= 15 is 0 Å². The van der Waals surface area contributed by atoms with E-state index in [0.29, 0.717) is 0 Å². The molecule has 2 heterocycles. The topological polar surface area (TPSA) is 42.7 Å². The maximum Gasteiger partial charge on any atom is 0.0570 e. The molecule has 0 fully saturated rings. The summed E-state index contributed by atoms with van der Waals surface area (Å²) in [6, 6.07) is 8.22. The standard InChI is InChI=1S/C12H16N4/c1-10(12-5-3-4-7-13-12)14-9-11-6-8-15-16(11)2/h3-8,10,14H,9H2,1-2H3. The third-order valence-corrected chi connectivity index (χ3v) is 2.64. The fraction of sp³-hybridized carbons (Fsp3) is 0.333. The second-order valence-corrected chi connectivity index (χ2v) is 3.80. The predicted molar refractivity (Wildman–Crippen MR) is 62.7 cm³/mol. The van der Waals surface area contributed by atoms with E-state index in [-0.39, 0.29) is 6.04 Å². The maximum atomic E-state index is 4.32. The number of aromatic nitrogens is 3. The van der Waals surface area contributed by atoms with Gasteiger partial charge in [0.15, 0.2) is 0 Å². The van der Waals surface area contributed by atoms with Gasteiger partial charge in [0.05, 0.1) is 11.4 Å². The highest BCUT2D eigenvalue weighted by atomic mass is 15.3. The Morgan fingerprint density at radius 3 is 2.81 bits per heavy atom. The largest absolute Gasteiger partial charge is 0.303 e. The molecule has 4 nitrogen and oxygen atoms in total. The highest BCUT2D eigenvalue weighted by molar-refractivity contribution is 5.08. The van der Waals surface area contributed by atoms with Gasteiger partial charge in [-0.1, -0.05) is 6.07 Å². The van der Waals surface area contributed by atoms with Crippen molar-refractivity contribution in [2.24, 2.45) is 7.05 Å². The molecule has 0 saturated heterocycles. The first-order valence-corrected chi connectivity index (χ1v) is 5.38. The van der Waals surface area contributed by atoms with Gasteiger partial charge >= 0.3 is 0 Å². The molecular weight excluding hydrogens is 200 g/mol. The summed E-state index contributed by atoms with van der Waals surface area (Å²) in [4.78, 5) is 4.32. The lowest BCUT2D eigenvalue weighted by atomic mass is 10.2. The monoisotopic (exact) mass is 216 g/mol. The summed E-state index contributed by atoms with van der Waals surface area (Å²) < 4.78 is 1.87. The third kappa shape index (κ3) is 2.46. The van der Waals surface area contributed by atoms with E-state index < -0.39 is 0 Å². The number of aryl methyl sites for hydroxylation is 1. The summed E-state index contributed by atoms with van der Waals surface area (Å²) in [6.07, 6.45) is 3.63. The Kier molecular flexibility index (Phi) is 3.31. The molecule has 2 rings (SSSR count). The lowest BCUT2D eigenvalue weighted by molar-refractivity contribution is 0.538. The lowest BCUT2D eigenvalue weighted by Crippen LogP contribution is -2.20. The first kappa shape index (κ1) is 10.8. The van der Waals surface area contributed by atoms with Gasteiger partial charge in [-0.15, -0.1) is 0 Å². The molecule has 0 saturated carbocycles. The van der Waals surface area contributed by atoms with Crippen LogP contribution in [0.15, 0.2) is 36.7 Å². The van der Waals surface area contributed by atoms with Crippen molar-refractivity contribution in [1.82, 2.24) is 20.1 Å². The molecule has 0 aliphatic carbocycles. The van der Waals surface area contributed by atoms with Crippen LogP contribution in [-0.2, 0) is 13.6 Å². The Balaban J connectivity index is 1.94. The predicted octanol–water partition coefficient (Wildman–Crippen LogP) is 1.67. The van der Waals surface area contributed by atoms with Crippen LogP contribution in [-0.4, -0.2) is 14.8 Å². The van der Waals surface area contributed by atoms with Crippen molar-refractivity contribution in [1.29, 1.82) is 0 Å². The van der Waals surface area contributed by atoms with Crippen molar-refractivity contribution >= 4 is 0 Å². The molecule has 1 atom stereocenters. The maximum absolute atomic E-state index is 4.32. The zero-order chi connectivity index (χ0) is 11.4. The zero-order valence-corrected chi connectivity index (χ0v) is 9.59. The van der Waals surface area contributed by atoms with E-state index in [0.717, 1.165) is 12.2 Å². The summed E-state index contributed by atoms with van der Waals surface area (Å²) in [7, 11) is 1.95. The molecule has 0 radical (unpaired) electrons. The molecular formula is C12H16N4. The molecule has 1 unspecified atom stereocenters. The number of nitrogens with one attached hydrogen (secondary N) is 1. The first-order chi connectivity index (χ1) is 7.77. The highest BCUT2D eigenvalue weighted by Gasteiger charge is 2.06. The Hall–Kier alpha value is -1.68. The second kappa shape index (κ2) is 4.90. The molecule has 0 aliphatic rings. The third-order valence-electron chi connectivity index (χ3n) is 2.64. The Morgan fingerprint density at radius 2 is 2.19 bits per heavy atom. The van der Waals surface area contributed by atoms with E-state index in [1.165, 1.54) is 5.69 Å². The number of rotatable bonds is 4. The minimum atomic E-state index is 0.246. The average molecular weight is 216 g/mol. The van der Waals surface area contributed by atoms with Crippen molar-refractivity contribution in [2.75, 3.05) is 0 Å². The van der Waals surface area contributed by atoms with Gasteiger partial charge < -0.3 is 5.32 Å². The SMILES string of the molecule is CC(NCc1ccnn1C)c1ccccn1. The van der Waals surface area contributed by atoms with Crippen LogP contribution in [0.2, 0.25) is 0 Å². The van der Waals surface area contributed by atoms with Crippen LogP contribution in [0.1, 0.15) is 24.4 Å². The van der Waals surface area contributed by atoms with Crippen LogP contribution < -0.4 is 5.32 Å². The van der Waals surface area contributed by atoms with Crippen molar-refractivity contribution in [2.45, 2.75) is 19.5 Å². The van der Waals surface area contributed by atoms with Crippen molar-refractivity contribution in [3.63, 3.8) is 0 Å². The van der Waals surface area contributed by atoms with Crippen molar-refractivity contribution in [3.05, 3.63) is 48.0 Å². The van der Waals surface area contributed by atoms with E-state index in [1.54, 1.807) is 0 Å². The van der Waals surface area contributed by atoms with Gasteiger partial charge in [-0.2, -0.15) is 5.10 Å². The van der Waals surface area contributed by atoms with Crippen LogP contribution in [0.5, 0.6) is 0 Å². The van der Waals surface area contributed by atoms with Gasteiger partial charge in [-0.25, -0.2) is 0 Å². The fourth-order valence-electron chi connectivity index (χ4n) is 1.57. The quantitative estimate of drug-likeness (QED) is 0.845. The van der Waals surface area contributed by atoms with Crippen LogP contribution >= 0.6 is 0 Å². The molecule has 0 bridgehead atoms. The fourth-order valence-corrected chi connectivity index (χ4v) is 1.57. The van der Waals surface area contributed by atoms with Gasteiger partial charge in [0.25, 0.3) is 0 Å². The minimum absolute atomic E-state index is 0.246. The molecule has 0 spiro atoms. The Labute approximate surface area is 95.3 Å². The van der Waals surface area contributed by atoms with Crippen LogP contribution in [0.4, 0.5) is 0 Å². The summed E-state index contributed by atoms with van der Waals surface area (Å²) in [5.41, 5.74) is 2.23. The normalized spacial score (nSPS) is 12.6. The van der Waals surface area contributed by atoms with Gasteiger partial charge in [0.2, 0.25) is 0 Å². The minimum Gasteiger partial charge on any atom is -0.303 e. The number of pyridine rings is 1. The van der Waals surface area contributed by atoms with E-state index in [4.69, 9.17) is 0 Å². The second-order valence-electron chi connectivity index (χ2n) is 3.80. The smallest absolute Gasteiger partial charge is 0.0570 e. The van der Waals surface area contributed by atoms with Crippen LogP contribution in [0, 0.1) is 0 Å². The van der Waals surface area contributed by atoms with Crippen molar-refractivity contribution < 1.29 is 0 Å². The van der Waals surface area contributed by atoms with Gasteiger partial charge in [0.1, 0.15) is 0 Å². The molecule has 16 heavy (non-hydrogen) atoms. The van der Waals surface area contributed by atoms with Crippen LogP contribution in [0.3, 0.4) is 0 Å². The van der Waals surface area contributed by atoms with Crippen molar-refractivity contribution in [3.8, 4) is 0 Å². The first-order valence-electron chi connectivity index (χ1n) is 5.38. The van der Waals surface area contributed by atoms with E-state index in [9.17, 15) is 0 Å². The Morgan fingerprint density at radius 1 is 1.31 bits per heavy atom. The van der Waals surface area contributed by atoms with Gasteiger partial charge in [-0.05, 0) is 25.1 Å². The molecule has 0 amide bonds. The summed E-state index contributed by atoms with van der Waals surface area (Å²) in [5.74, 6) is 0. The summed E-state index contributed by atoms with van der Waals surface area (Å²) >= 11 is 0. The van der Waals surface area contributed by atoms with E-state index in [1.807, 2.05) is 48.4 Å². The molecule has 2 aromatic heterocycles. The van der Waals surface area contributed by atoms with E-state index in [2.05, 4.69) is 22.3 Å².